The molecule has 1 aliphatic rings. The fraction of sp³-hybridized carbons (Fsp3) is 0.286. The number of carbonyl (C=O) groups is 2. The predicted octanol–water partition coefficient (Wildman–Crippen LogP) is 2.19. The number of hydrogen-bond acceptors (Lipinski definition) is 4. The molecule has 144 valence electrons. The highest BCUT2D eigenvalue weighted by Crippen LogP contribution is 2.20. The van der Waals surface area contributed by atoms with Crippen LogP contribution in [0.3, 0.4) is 0 Å². The van der Waals surface area contributed by atoms with Gasteiger partial charge >= 0.3 is 0 Å². The van der Waals surface area contributed by atoms with Gasteiger partial charge in [-0.1, -0.05) is 24.3 Å². The molecule has 1 fully saturated rings. The van der Waals surface area contributed by atoms with Crippen molar-refractivity contribution in [1.82, 2.24) is 20.0 Å². The minimum Gasteiger partial charge on any atom is -0.467 e. The quantitative estimate of drug-likeness (QED) is 0.683. The molecule has 1 saturated heterocycles. The van der Waals surface area contributed by atoms with Gasteiger partial charge in [-0.15, -0.1) is 0 Å². The summed E-state index contributed by atoms with van der Waals surface area (Å²) in [6.07, 6.45) is 5.51. The number of benzene rings is 1. The van der Waals surface area contributed by atoms with Gasteiger partial charge in [0, 0.05) is 31.9 Å². The van der Waals surface area contributed by atoms with E-state index in [1.54, 1.807) is 23.4 Å². The first-order chi connectivity index (χ1) is 13.7. The van der Waals surface area contributed by atoms with Crippen molar-refractivity contribution in [3.63, 3.8) is 0 Å². The zero-order chi connectivity index (χ0) is 19.3. The van der Waals surface area contributed by atoms with Crippen molar-refractivity contribution in [2.45, 2.75) is 26.1 Å². The molecule has 0 spiro atoms. The second-order valence-corrected chi connectivity index (χ2v) is 6.99. The first kappa shape index (κ1) is 18.0. The van der Waals surface area contributed by atoms with Crippen LogP contribution in [-0.2, 0) is 29.2 Å². The molecule has 0 radical (unpaired) electrons. The molecule has 0 saturated carbocycles. The largest absolute Gasteiger partial charge is 0.467 e. The van der Waals surface area contributed by atoms with Gasteiger partial charge in [-0.05, 0) is 29.3 Å². The van der Waals surface area contributed by atoms with Crippen LogP contribution in [0.25, 0.3) is 0 Å². The molecule has 1 aromatic carbocycles. The summed E-state index contributed by atoms with van der Waals surface area (Å²) in [6.45, 7) is 2.00. The number of furan rings is 1. The molecule has 4 rings (SSSR count). The number of rotatable bonds is 7. The smallest absolute Gasteiger partial charge is 0.225 e. The second kappa shape index (κ2) is 8.12. The average Bonchev–Trinajstić information content (AvgIpc) is 3.45. The van der Waals surface area contributed by atoms with Gasteiger partial charge in [0.1, 0.15) is 5.76 Å². The van der Waals surface area contributed by atoms with Crippen molar-refractivity contribution >= 4 is 11.8 Å². The number of carbonyl (C=O) groups excluding carboxylic acids is 2. The molecule has 3 aromatic rings. The van der Waals surface area contributed by atoms with Crippen LogP contribution in [-0.4, -0.2) is 33.0 Å². The third-order valence-corrected chi connectivity index (χ3v) is 4.91. The Morgan fingerprint density at radius 2 is 1.96 bits per heavy atom. The molecule has 1 atom stereocenters. The molecular weight excluding hydrogens is 356 g/mol. The van der Waals surface area contributed by atoms with E-state index in [0.717, 1.165) is 23.4 Å². The summed E-state index contributed by atoms with van der Waals surface area (Å²) in [7, 11) is 0. The summed E-state index contributed by atoms with van der Waals surface area (Å²) in [5, 5.41) is 7.14. The molecule has 28 heavy (non-hydrogen) atoms. The van der Waals surface area contributed by atoms with Crippen molar-refractivity contribution < 1.29 is 14.0 Å². The van der Waals surface area contributed by atoms with Crippen LogP contribution in [0.2, 0.25) is 0 Å². The molecule has 2 amide bonds. The van der Waals surface area contributed by atoms with Crippen LogP contribution in [0.5, 0.6) is 0 Å². The Bertz CT molecular complexity index is 917. The normalized spacial score (nSPS) is 16.5. The highest BCUT2D eigenvalue weighted by Gasteiger charge is 2.34. The summed E-state index contributed by atoms with van der Waals surface area (Å²) < 4.78 is 7.15. The number of hydrogen-bond donors (Lipinski definition) is 1. The predicted molar refractivity (Wildman–Crippen MR) is 102 cm³/mol. The Hall–Kier alpha value is -3.35. The zero-order valence-corrected chi connectivity index (χ0v) is 15.5. The van der Waals surface area contributed by atoms with Gasteiger partial charge in [0.05, 0.1) is 25.3 Å². The lowest BCUT2D eigenvalue weighted by atomic mass is 10.1. The SMILES string of the molecule is O=C(NCc1ccc(Cn2cccn2)cc1)C1CC(=O)N(Cc2ccco2)C1. The molecule has 1 aliphatic heterocycles. The van der Waals surface area contributed by atoms with Crippen molar-refractivity contribution in [2.75, 3.05) is 6.54 Å². The van der Waals surface area contributed by atoms with E-state index in [2.05, 4.69) is 10.4 Å². The summed E-state index contributed by atoms with van der Waals surface area (Å²) in [5.41, 5.74) is 2.17. The second-order valence-electron chi connectivity index (χ2n) is 6.99. The molecular formula is C21H22N4O3. The van der Waals surface area contributed by atoms with Crippen LogP contribution in [0.1, 0.15) is 23.3 Å². The maximum Gasteiger partial charge on any atom is 0.225 e. The summed E-state index contributed by atoms with van der Waals surface area (Å²) in [6, 6.07) is 13.6. The Morgan fingerprint density at radius 3 is 2.68 bits per heavy atom. The zero-order valence-electron chi connectivity index (χ0n) is 15.5. The van der Waals surface area contributed by atoms with Crippen molar-refractivity contribution in [2.24, 2.45) is 5.92 Å². The lowest BCUT2D eigenvalue weighted by Gasteiger charge is -2.15. The number of likely N-dealkylation sites (tertiary alicyclic amines) is 1. The number of amides is 2. The van der Waals surface area contributed by atoms with Gasteiger partial charge in [0.25, 0.3) is 0 Å². The van der Waals surface area contributed by atoms with E-state index in [1.165, 1.54) is 0 Å². The molecule has 0 bridgehead atoms. The Morgan fingerprint density at radius 1 is 1.14 bits per heavy atom. The number of aromatic nitrogens is 2. The fourth-order valence-corrected chi connectivity index (χ4v) is 3.37. The van der Waals surface area contributed by atoms with Crippen LogP contribution < -0.4 is 5.32 Å². The molecule has 7 heteroatoms. The van der Waals surface area contributed by atoms with E-state index in [9.17, 15) is 9.59 Å². The van der Waals surface area contributed by atoms with E-state index in [1.807, 2.05) is 47.3 Å². The molecule has 1 N–H and O–H groups in total. The standard InChI is InChI=1S/C21H22N4O3/c26-20-11-18(14-24(20)15-19-3-1-10-28-19)21(27)22-12-16-4-6-17(7-5-16)13-25-9-2-8-23-25/h1-10,18H,11-15H2,(H,22,27). The van der Waals surface area contributed by atoms with Crippen molar-refractivity contribution in [3.8, 4) is 0 Å². The summed E-state index contributed by atoms with van der Waals surface area (Å²) in [4.78, 5) is 26.3. The highest BCUT2D eigenvalue weighted by atomic mass is 16.3. The van der Waals surface area contributed by atoms with E-state index in [0.29, 0.717) is 19.6 Å². The lowest BCUT2D eigenvalue weighted by molar-refractivity contribution is -0.129. The minimum absolute atomic E-state index is 0.0143. The maximum absolute atomic E-state index is 12.5. The first-order valence-electron chi connectivity index (χ1n) is 9.30. The number of nitrogens with zero attached hydrogens (tertiary/aromatic N) is 3. The fourth-order valence-electron chi connectivity index (χ4n) is 3.37. The van der Waals surface area contributed by atoms with Gasteiger partial charge < -0.3 is 14.6 Å². The first-order valence-corrected chi connectivity index (χ1v) is 9.30. The summed E-state index contributed by atoms with van der Waals surface area (Å²) in [5.74, 6) is 0.307. The van der Waals surface area contributed by atoms with Gasteiger partial charge in [0.2, 0.25) is 11.8 Å². The van der Waals surface area contributed by atoms with Gasteiger partial charge in [0.15, 0.2) is 0 Å². The van der Waals surface area contributed by atoms with E-state index in [4.69, 9.17) is 4.42 Å². The Kier molecular flexibility index (Phi) is 5.23. The third-order valence-electron chi connectivity index (χ3n) is 4.91. The average molecular weight is 378 g/mol. The van der Waals surface area contributed by atoms with Crippen LogP contribution in [0, 0.1) is 5.92 Å². The highest BCUT2D eigenvalue weighted by molar-refractivity contribution is 5.89. The molecule has 0 aliphatic carbocycles. The van der Waals surface area contributed by atoms with E-state index >= 15 is 0 Å². The van der Waals surface area contributed by atoms with E-state index < -0.39 is 0 Å². The summed E-state index contributed by atoms with van der Waals surface area (Å²) >= 11 is 0. The Labute approximate surface area is 162 Å². The monoisotopic (exact) mass is 378 g/mol. The molecule has 2 aromatic heterocycles. The lowest BCUT2D eigenvalue weighted by Crippen LogP contribution is -2.32. The van der Waals surface area contributed by atoms with Crippen LogP contribution in [0.4, 0.5) is 0 Å². The van der Waals surface area contributed by atoms with Gasteiger partial charge in [-0.3, -0.25) is 14.3 Å². The molecule has 1 unspecified atom stereocenters. The Balaban J connectivity index is 1.26. The van der Waals surface area contributed by atoms with E-state index in [-0.39, 0.29) is 24.2 Å². The van der Waals surface area contributed by atoms with Gasteiger partial charge in [-0.25, -0.2) is 0 Å². The van der Waals surface area contributed by atoms with Crippen molar-refractivity contribution in [3.05, 3.63) is 78.0 Å². The van der Waals surface area contributed by atoms with Crippen molar-refractivity contribution in [1.29, 1.82) is 0 Å². The molecule has 3 heterocycles. The maximum atomic E-state index is 12.5. The molecule has 7 nitrogen and oxygen atoms in total. The number of nitrogens with one attached hydrogen (secondary N) is 1. The topological polar surface area (TPSA) is 80.4 Å². The minimum atomic E-state index is -0.318. The van der Waals surface area contributed by atoms with Crippen LogP contribution in [0.15, 0.2) is 65.5 Å². The van der Waals surface area contributed by atoms with Crippen LogP contribution >= 0.6 is 0 Å². The third kappa shape index (κ3) is 4.31. The van der Waals surface area contributed by atoms with Gasteiger partial charge in [-0.2, -0.15) is 5.10 Å².